The molecule has 0 fully saturated rings. The molecule has 0 aliphatic heterocycles. The molecule has 0 saturated heterocycles. The Morgan fingerprint density at radius 2 is 1.94 bits per heavy atom. The van der Waals surface area contributed by atoms with E-state index in [1.54, 1.807) is 0 Å². The third-order valence-electron chi connectivity index (χ3n) is 2.65. The number of hydrogen-bond donors (Lipinski definition) is 1. The monoisotopic (exact) mass is 219 g/mol. The normalized spacial score (nSPS) is 11.3. The Bertz CT molecular complexity index is 388. The SMILES string of the molecule is CCNC(=O)c1c(C)cccc1C(C)(C)C. The van der Waals surface area contributed by atoms with Crippen molar-refractivity contribution < 1.29 is 4.79 Å². The highest BCUT2D eigenvalue weighted by atomic mass is 16.1. The topological polar surface area (TPSA) is 29.1 Å². The summed E-state index contributed by atoms with van der Waals surface area (Å²) in [4.78, 5) is 12.0. The standard InChI is InChI=1S/C14H21NO/c1-6-15-13(16)12-10(2)8-7-9-11(12)14(3,4)5/h7-9H,6H2,1-5H3,(H,15,16). The van der Waals surface area contributed by atoms with E-state index in [9.17, 15) is 4.79 Å². The Kier molecular flexibility index (Phi) is 3.74. The van der Waals surface area contributed by atoms with Gasteiger partial charge in [-0.15, -0.1) is 0 Å². The number of aryl methyl sites for hydroxylation is 1. The minimum Gasteiger partial charge on any atom is -0.352 e. The quantitative estimate of drug-likeness (QED) is 0.814. The first kappa shape index (κ1) is 12.8. The predicted octanol–water partition coefficient (Wildman–Crippen LogP) is 3.04. The molecule has 0 radical (unpaired) electrons. The van der Waals surface area contributed by atoms with Crippen molar-refractivity contribution in [2.45, 2.75) is 40.0 Å². The molecule has 1 aromatic carbocycles. The van der Waals surface area contributed by atoms with Crippen LogP contribution in [-0.4, -0.2) is 12.5 Å². The third kappa shape index (κ3) is 2.63. The maximum absolute atomic E-state index is 12.0. The summed E-state index contributed by atoms with van der Waals surface area (Å²) in [5.41, 5.74) is 2.97. The molecule has 0 unspecified atom stereocenters. The Hall–Kier alpha value is -1.31. The van der Waals surface area contributed by atoms with Crippen LogP contribution in [0.5, 0.6) is 0 Å². The Balaban J connectivity index is 3.30. The van der Waals surface area contributed by atoms with Crippen LogP contribution in [-0.2, 0) is 5.41 Å². The van der Waals surface area contributed by atoms with Crippen LogP contribution in [0.2, 0.25) is 0 Å². The molecule has 2 heteroatoms. The second-order valence-electron chi connectivity index (χ2n) is 5.11. The van der Waals surface area contributed by atoms with Gasteiger partial charge in [0.2, 0.25) is 0 Å². The summed E-state index contributed by atoms with van der Waals surface area (Å²) < 4.78 is 0. The van der Waals surface area contributed by atoms with Gasteiger partial charge in [-0.25, -0.2) is 0 Å². The van der Waals surface area contributed by atoms with Gasteiger partial charge in [-0.3, -0.25) is 4.79 Å². The number of nitrogens with one attached hydrogen (secondary N) is 1. The molecule has 0 spiro atoms. The smallest absolute Gasteiger partial charge is 0.251 e. The average Bonchev–Trinajstić information content (AvgIpc) is 2.16. The van der Waals surface area contributed by atoms with E-state index in [2.05, 4.69) is 26.1 Å². The van der Waals surface area contributed by atoms with Crippen molar-refractivity contribution in [3.05, 3.63) is 34.9 Å². The van der Waals surface area contributed by atoms with E-state index in [4.69, 9.17) is 0 Å². The lowest BCUT2D eigenvalue weighted by Gasteiger charge is -2.23. The number of rotatable bonds is 2. The highest BCUT2D eigenvalue weighted by molar-refractivity contribution is 5.97. The molecule has 1 N–H and O–H groups in total. The van der Waals surface area contributed by atoms with Gasteiger partial charge in [-0.2, -0.15) is 0 Å². The summed E-state index contributed by atoms with van der Waals surface area (Å²) in [6.45, 7) is 11.0. The lowest BCUT2D eigenvalue weighted by atomic mass is 9.82. The summed E-state index contributed by atoms with van der Waals surface area (Å²) in [6.07, 6.45) is 0. The molecule has 16 heavy (non-hydrogen) atoms. The largest absolute Gasteiger partial charge is 0.352 e. The third-order valence-corrected chi connectivity index (χ3v) is 2.65. The van der Waals surface area contributed by atoms with E-state index in [0.29, 0.717) is 6.54 Å². The van der Waals surface area contributed by atoms with Crippen molar-refractivity contribution in [3.63, 3.8) is 0 Å². The van der Waals surface area contributed by atoms with Crippen molar-refractivity contribution in [3.8, 4) is 0 Å². The van der Waals surface area contributed by atoms with Crippen LogP contribution in [0.15, 0.2) is 18.2 Å². The molecule has 1 rings (SSSR count). The first-order valence-corrected chi connectivity index (χ1v) is 5.76. The lowest BCUT2D eigenvalue weighted by molar-refractivity contribution is 0.0953. The van der Waals surface area contributed by atoms with Crippen LogP contribution < -0.4 is 5.32 Å². The van der Waals surface area contributed by atoms with Gasteiger partial charge in [0.1, 0.15) is 0 Å². The number of carbonyl (C=O) groups is 1. The Labute approximate surface area is 98.1 Å². The van der Waals surface area contributed by atoms with Gasteiger partial charge in [0.05, 0.1) is 0 Å². The molecule has 0 aliphatic rings. The van der Waals surface area contributed by atoms with Crippen LogP contribution >= 0.6 is 0 Å². The molecule has 2 nitrogen and oxygen atoms in total. The first-order chi connectivity index (χ1) is 7.38. The molecule has 1 aromatic rings. The molecule has 0 atom stereocenters. The number of hydrogen-bond acceptors (Lipinski definition) is 1. The zero-order valence-electron chi connectivity index (χ0n) is 10.8. The highest BCUT2D eigenvalue weighted by Gasteiger charge is 2.22. The number of carbonyl (C=O) groups excluding carboxylic acids is 1. The predicted molar refractivity (Wildman–Crippen MR) is 67.9 cm³/mol. The summed E-state index contributed by atoms with van der Waals surface area (Å²) >= 11 is 0. The molecule has 0 heterocycles. The first-order valence-electron chi connectivity index (χ1n) is 5.76. The molecular formula is C14H21NO. The van der Waals surface area contributed by atoms with Crippen molar-refractivity contribution in [2.24, 2.45) is 0 Å². The Morgan fingerprint density at radius 1 is 1.31 bits per heavy atom. The summed E-state index contributed by atoms with van der Waals surface area (Å²) in [5.74, 6) is 0.0329. The second-order valence-corrected chi connectivity index (χ2v) is 5.11. The van der Waals surface area contributed by atoms with Crippen molar-refractivity contribution in [2.75, 3.05) is 6.54 Å². The zero-order chi connectivity index (χ0) is 12.3. The minimum absolute atomic E-state index is 0.00751. The molecule has 88 valence electrons. The molecule has 0 saturated carbocycles. The maximum atomic E-state index is 12.0. The molecule has 0 aromatic heterocycles. The van der Waals surface area contributed by atoms with Gasteiger partial charge in [-0.1, -0.05) is 39.0 Å². The lowest BCUT2D eigenvalue weighted by Crippen LogP contribution is -2.27. The second kappa shape index (κ2) is 4.69. The molecular weight excluding hydrogens is 198 g/mol. The molecule has 0 bridgehead atoms. The zero-order valence-corrected chi connectivity index (χ0v) is 10.8. The van der Waals surface area contributed by atoms with Gasteiger partial charge in [0.15, 0.2) is 0 Å². The van der Waals surface area contributed by atoms with Gasteiger partial charge >= 0.3 is 0 Å². The van der Waals surface area contributed by atoms with Crippen LogP contribution in [0.25, 0.3) is 0 Å². The minimum atomic E-state index is -0.00751. The number of amides is 1. The highest BCUT2D eigenvalue weighted by Crippen LogP contribution is 2.27. The molecule has 0 aliphatic carbocycles. The maximum Gasteiger partial charge on any atom is 0.251 e. The van der Waals surface area contributed by atoms with E-state index >= 15 is 0 Å². The van der Waals surface area contributed by atoms with Crippen molar-refractivity contribution in [1.29, 1.82) is 0 Å². The summed E-state index contributed by atoms with van der Waals surface area (Å²) in [5, 5.41) is 2.88. The van der Waals surface area contributed by atoms with Crippen LogP contribution in [0.1, 0.15) is 49.2 Å². The van der Waals surface area contributed by atoms with Crippen LogP contribution in [0.3, 0.4) is 0 Å². The van der Waals surface area contributed by atoms with Gasteiger partial charge in [0, 0.05) is 12.1 Å². The van der Waals surface area contributed by atoms with E-state index in [1.807, 2.05) is 32.0 Å². The van der Waals surface area contributed by atoms with Gasteiger partial charge < -0.3 is 5.32 Å². The summed E-state index contributed by atoms with van der Waals surface area (Å²) in [7, 11) is 0. The van der Waals surface area contributed by atoms with E-state index in [1.165, 1.54) is 0 Å². The van der Waals surface area contributed by atoms with E-state index < -0.39 is 0 Å². The van der Waals surface area contributed by atoms with Gasteiger partial charge in [-0.05, 0) is 30.4 Å². The van der Waals surface area contributed by atoms with Gasteiger partial charge in [0.25, 0.3) is 5.91 Å². The van der Waals surface area contributed by atoms with Crippen LogP contribution in [0, 0.1) is 6.92 Å². The fraction of sp³-hybridized carbons (Fsp3) is 0.500. The van der Waals surface area contributed by atoms with E-state index in [0.717, 1.165) is 16.7 Å². The fourth-order valence-electron chi connectivity index (χ4n) is 1.84. The fourth-order valence-corrected chi connectivity index (χ4v) is 1.84. The van der Waals surface area contributed by atoms with Crippen molar-refractivity contribution in [1.82, 2.24) is 5.32 Å². The van der Waals surface area contributed by atoms with Crippen molar-refractivity contribution >= 4 is 5.91 Å². The summed E-state index contributed by atoms with van der Waals surface area (Å²) in [6, 6.07) is 6.04. The molecule has 1 amide bonds. The Morgan fingerprint density at radius 3 is 2.44 bits per heavy atom. The average molecular weight is 219 g/mol. The van der Waals surface area contributed by atoms with Crippen LogP contribution in [0.4, 0.5) is 0 Å². The number of benzene rings is 1. The van der Waals surface area contributed by atoms with E-state index in [-0.39, 0.29) is 11.3 Å².